The average molecular weight is 297 g/mol. The molecule has 0 spiro atoms. The summed E-state index contributed by atoms with van der Waals surface area (Å²) in [6.07, 6.45) is 0. The van der Waals surface area contributed by atoms with Crippen molar-refractivity contribution in [1.82, 2.24) is 5.32 Å². The third-order valence-electron chi connectivity index (χ3n) is 3.39. The van der Waals surface area contributed by atoms with Crippen LogP contribution in [0.25, 0.3) is 0 Å². The molecule has 116 valence electrons. The van der Waals surface area contributed by atoms with Gasteiger partial charge >= 0.3 is 0 Å². The molecule has 1 saturated heterocycles. The molecule has 7 heteroatoms. The minimum atomic E-state index is -0.526. The molecular weight excluding hydrogens is 277 g/mol. The van der Waals surface area contributed by atoms with Crippen LogP contribution >= 0.6 is 0 Å². The molecule has 3 N–H and O–H groups in total. The van der Waals surface area contributed by atoms with Crippen molar-refractivity contribution < 1.29 is 18.7 Å². The number of carbonyl (C=O) groups excluding carboxylic acids is 1. The lowest BCUT2D eigenvalue weighted by Crippen LogP contribution is -2.54. The van der Waals surface area contributed by atoms with Crippen LogP contribution in [0.3, 0.4) is 0 Å². The topological polar surface area (TPSA) is 76.8 Å². The number of likely N-dealkylation sites (N-methyl/N-ethyl adjacent to an activating group) is 1. The maximum atomic E-state index is 13.6. The standard InChI is InChI=1S/C14H20FN3O3/c1-3-17-14(19)12-8-21-5-4-18(12)11-7-13(20-2)9(15)6-10(11)16/h6-7,12H,3-5,8,16H2,1-2H3,(H,17,19). The van der Waals surface area contributed by atoms with Gasteiger partial charge in [-0.3, -0.25) is 4.79 Å². The third kappa shape index (κ3) is 3.18. The Kier molecular flexibility index (Phi) is 4.85. The zero-order chi connectivity index (χ0) is 15.4. The molecule has 1 amide bonds. The monoisotopic (exact) mass is 297 g/mol. The number of hydrogen-bond acceptors (Lipinski definition) is 5. The fourth-order valence-corrected chi connectivity index (χ4v) is 2.36. The van der Waals surface area contributed by atoms with Gasteiger partial charge in [0.05, 0.1) is 31.7 Å². The highest BCUT2D eigenvalue weighted by Crippen LogP contribution is 2.32. The van der Waals surface area contributed by atoms with Crippen LogP contribution in [0.2, 0.25) is 0 Å². The van der Waals surface area contributed by atoms with E-state index < -0.39 is 11.9 Å². The molecule has 2 rings (SSSR count). The second-order valence-corrected chi connectivity index (χ2v) is 4.72. The summed E-state index contributed by atoms with van der Waals surface area (Å²) in [4.78, 5) is 14.0. The van der Waals surface area contributed by atoms with Crippen molar-refractivity contribution in [3.05, 3.63) is 17.9 Å². The zero-order valence-electron chi connectivity index (χ0n) is 12.2. The molecule has 1 heterocycles. The number of methoxy groups -OCH3 is 1. The fourth-order valence-electron chi connectivity index (χ4n) is 2.36. The molecule has 1 aromatic carbocycles. The first-order valence-corrected chi connectivity index (χ1v) is 6.83. The van der Waals surface area contributed by atoms with Crippen molar-refractivity contribution in [3.8, 4) is 5.75 Å². The normalized spacial score (nSPS) is 18.4. The van der Waals surface area contributed by atoms with E-state index in [4.69, 9.17) is 15.2 Å². The number of nitrogens with one attached hydrogen (secondary N) is 1. The molecule has 0 aliphatic carbocycles. The maximum absolute atomic E-state index is 13.6. The quantitative estimate of drug-likeness (QED) is 0.802. The van der Waals surface area contributed by atoms with Gasteiger partial charge in [-0.15, -0.1) is 0 Å². The van der Waals surface area contributed by atoms with Gasteiger partial charge < -0.3 is 25.4 Å². The molecule has 1 aliphatic heterocycles. The van der Waals surface area contributed by atoms with Crippen molar-refractivity contribution in [2.24, 2.45) is 0 Å². The van der Waals surface area contributed by atoms with Gasteiger partial charge in [-0.25, -0.2) is 4.39 Å². The van der Waals surface area contributed by atoms with Crippen LogP contribution in [0.4, 0.5) is 15.8 Å². The number of halogens is 1. The van der Waals surface area contributed by atoms with E-state index in [1.807, 2.05) is 11.8 Å². The van der Waals surface area contributed by atoms with E-state index in [2.05, 4.69) is 5.32 Å². The van der Waals surface area contributed by atoms with Gasteiger partial charge in [-0.05, 0) is 6.92 Å². The number of nitrogens with two attached hydrogens (primary N) is 1. The van der Waals surface area contributed by atoms with E-state index in [9.17, 15) is 9.18 Å². The van der Waals surface area contributed by atoms with Gasteiger partial charge in [0.2, 0.25) is 5.91 Å². The Morgan fingerprint density at radius 1 is 1.62 bits per heavy atom. The minimum absolute atomic E-state index is 0.0975. The predicted octanol–water partition coefficient (Wildman–Crippen LogP) is 0.758. The molecule has 1 unspecified atom stereocenters. The van der Waals surface area contributed by atoms with Crippen LogP contribution in [0.1, 0.15) is 6.92 Å². The largest absolute Gasteiger partial charge is 0.494 e. The molecule has 0 radical (unpaired) electrons. The van der Waals surface area contributed by atoms with Gasteiger partial charge in [-0.2, -0.15) is 0 Å². The number of carbonyl (C=O) groups is 1. The predicted molar refractivity (Wildman–Crippen MR) is 78.0 cm³/mol. The van der Waals surface area contributed by atoms with Crippen molar-refractivity contribution in [1.29, 1.82) is 0 Å². The number of morpholine rings is 1. The highest BCUT2D eigenvalue weighted by atomic mass is 19.1. The number of rotatable bonds is 4. The van der Waals surface area contributed by atoms with Crippen LogP contribution in [0.5, 0.6) is 5.75 Å². The van der Waals surface area contributed by atoms with Gasteiger partial charge in [0.1, 0.15) is 6.04 Å². The highest BCUT2D eigenvalue weighted by molar-refractivity contribution is 5.87. The number of nitrogen functional groups attached to an aromatic ring is 1. The third-order valence-corrected chi connectivity index (χ3v) is 3.39. The summed E-state index contributed by atoms with van der Waals surface area (Å²) in [7, 11) is 1.39. The summed E-state index contributed by atoms with van der Waals surface area (Å²) >= 11 is 0. The van der Waals surface area contributed by atoms with Gasteiger partial charge in [0.15, 0.2) is 11.6 Å². The summed E-state index contributed by atoms with van der Waals surface area (Å²) in [6, 6.07) is 2.23. The molecule has 0 saturated carbocycles. The van der Waals surface area contributed by atoms with E-state index in [1.54, 1.807) is 0 Å². The summed E-state index contributed by atoms with van der Waals surface area (Å²) < 4.78 is 24.0. The molecule has 21 heavy (non-hydrogen) atoms. The molecule has 1 aliphatic rings. The summed E-state index contributed by atoms with van der Waals surface area (Å²) in [5.74, 6) is -0.568. The Bertz CT molecular complexity index is 524. The molecule has 1 aromatic rings. The SMILES string of the molecule is CCNC(=O)C1COCCN1c1cc(OC)c(F)cc1N. The van der Waals surface area contributed by atoms with Gasteiger partial charge in [-0.1, -0.05) is 0 Å². The Balaban J connectivity index is 2.35. The second kappa shape index (κ2) is 6.62. The summed E-state index contributed by atoms with van der Waals surface area (Å²) in [5, 5.41) is 2.77. The van der Waals surface area contributed by atoms with Crippen molar-refractivity contribution in [2.45, 2.75) is 13.0 Å². The first kappa shape index (κ1) is 15.4. The number of hydrogen-bond donors (Lipinski definition) is 2. The molecule has 1 fully saturated rings. The Morgan fingerprint density at radius 2 is 2.38 bits per heavy atom. The summed E-state index contributed by atoms with van der Waals surface area (Å²) in [6.45, 7) is 3.63. The molecule has 1 atom stereocenters. The van der Waals surface area contributed by atoms with E-state index in [0.717, 1.165) is 0 Å². The molecular formula is C14H20FN3O3. The van der Waals surface area contributed by atoms with Crippen molar-refractivity contribution in [2.75, 3.05) is 44.0 Å². The minimum Gasteiger partial charge on any atom is -0.494 e. The van der Waals surface area contributed by atoms with E-state index in [-0.39, 0.29) is 24.0 Å². The number of ether oxygens (including phenoxy) is 2. The zero-order valence-corrected chi connectivity index (χ0v) is 12.2. The molecule has 0 aromatic heterocycles. The smallest absolute Gasteiger partial charge is 0.245 e. The Hall–Kier alpha value is -2.02. The first-order chi connectivity index (χ1) is 10.1. The summed E-state index contributed by atoms with van der Waals surface area (Å²) in [5.41, 5.74) is 6.75. The Morgan fingerprint density at radius 3 is 3.05 bits per heavy atom. The average Bonchev–Trinajstić information content (AvgIpc) is 2.48. The van der Waals surface area contributed by atoms with Crippen molar-refractivity contribution >= 4 is 17.3 Å². The number of nitrogens with zero attached hydrogens (tertiary/aromatic N) is 1. The van der Waals surface area contributed by atoms with E-state index >= 15 is 0 Å². The number of anilines is 2. The molecule has 6 nitrogen and oxygen atoms in total. The Labute approximate surface area is 123 Å². The second-order valence-electron chi connectivity index (χ2n) is 4.72. The first-order valence-electron chi connectivity index (χ1n) is 6.83. The van der Waals surface area contributed by atoms with Crippen LogP contribution < -0.4 is 20.7 Å². The van der Waals surface area contributed by atoms with E-state index in [0.29, 0.717) is 25.4 Å². The van der Waals surface area contributed by atoms with Crippen LogP contribution in [0.15, 0.2) is 12.1 Å². The van der Waals surface area contributed by atoms with Crippen LogP contribution in [-0.4, -0.2) is 45.4 Å². The molecule has 0 bridgehead atoms. The van der Waals surface area contributed by atoms with E-state index in [1.165, 1.54) is 19.2 Å². The van der Waals surface area contributed by atoms with Gasteiger partial charge in [0, 0.05) is 25.2 Å². The highest BCUT2D eigenvalue weighted by Gasteiger charge is 2.31. The maximum Gasteiger partial charge on any atom is 0.245 e. The fraction of sp³-hybridized carbons (Fsp3) is 0.500. The number of benzene rings is 1. The van der Waals surface area contributed by atoms with Gasteiger partial charge in [0.25, 0.3) is 0 Å². The lowest BCUT2D eigenvalue weighted by molar-refractivity contribution is -0.124. The van der Waals surface area contributed by atoms with Crippen LogP contribution in [0, 0.1) is 5.82 Å². The lowest BCUT2D eigenvalue weighted by Gasteiger charge is -2.37. The lowest BCUT2D eigenvalue weighted by atomic mass is 10.1. The van der Waals surface area contributed by atoms with Crippen LogP contribution in [-0.2, 0) is 9.53 Å². The van der Waals surface area contributed by atoms with Crippen molar-refractivity contribution in [3.63, 3.8) is 0 Å². The number of amides is 1.